The fraction of sp³-hybridized carbons (Fsp3) is 1.00. The van der Waals surface area contributed by atoms with Crippen molar-refractivity contribution in [1.82, 2.24) is 4.90 Å². The van der Waals surface area contributed by atoms with Gasteiger partial charge in [0, 0.05) is 25.0 Å². The summed E-state index contributed by atoms with van der Waals surface area (Å²) in [4.78, 5) is 2.17. The van der Waals surface area contributed by atoms with E-state index in [2.05, 4.69) is 4.90 Å². The van der Waals surface area contributed by atoms with Crippen LogP contribution >= 0.6 is 11.6 Å². The lowest BCUT2D eigenvalue weighted by Crippen LogP contribution is -2.41. The van der Waals surface area contributed by atoms with Crippen molar-refractivity contribution >= 4 is 11.6 Å². The molecule has 0 bridgehead atoms. The van der Waals surface area contributed by atoms with Gasteiger partial charge in [0.05, 0.1) is 12.7 Å². The number of alkyl halides is 1. The Morgan fingerprint density at radius 2 is 2.00 bits per heavy atom. The number of aliphatic hydroxyl groups is 2. The normalized spacial score (nSPS) is 20.6. The molecule has 2 N–H and O–H groups in total. The number of hydrogen-bond donors (Lipinski definition) is 2. The maximum atomic E-state index is 9.46. The van der Waals surface area contributed by atoms with Crippen LogP contribution in [0.2, 0.25) is 0 Å². The molecule has 0 aromatic carbocycles. The molecule has 0 saturated heterocycles. The lowest BCUT2D eigenvalue weighted by atomic mass is 10.2. The van der Waals surface area contributed by atoms with E-state index in [0.717, 1.165) is 0 Å². The summed E-state index contributed by atoms with van der Waals surface area (Å²) in [7, 11) is 0. The minimum absolute atomic E-state index is 0.158. The summed E-state index contributed by atoms with van der Waals surface area (Å²) in [6.07, 6.45) is 4.45. The molecular formula is C10H20ClNO2. The summed E-state index contributed by atoms with van der Waals surface area (Å²) >= 11 is 5.56. The first-order chi connectivity index (χ1) is 6.77. The maximum Gasteiger partial charge on any atom is 0.0802 e. The SMILES string of the molecule is OCCN(CC(O)CCl)C1CCCC1. The molecule has 1 atom stereocenters. The van der Waals surface area contributed by atoms with Gasteiger partial charge in [-0.2, -0.15) is 0 Å². The Bertz CT molecular complexity index is 151. The standard InChI is InChI=1S/C10H20ClNO2/c11-7-10(14)8-12(5-6-13)9-3-1-2-4-9/h9-10,13-14H,1-8H2. The molecule has 0 aromatic heterocycles. The van der Waals surface area contributed by atoms with E-state index in [1.807, 2.05) is 0 Å². The predicted molar refractivity (Wildman–Crippen MR) is 57.6 cm³/mol. The molecule has 0 spiro atoms. The molecule has 0 radical (unpaired) electrons. The number of hydrogen-bond acceptors (Lipinski definition) is 3. The molecule has 0 amide bonds. The van der Waals surface area contributed by atoms with E-state index in [0.29, 0.717) is 19.1 Å². The van der Waals surface area contributed by atoms with E-state index in [1.54, 1.807) is 0 Å². The van der Waals surface area contributed by atoms with Crippen molar-refractivity contribution in [1.29, 1.82) is 0 Å². The summed E-state index contributed by atoms with van der Waals surface area (Å²) in [5.74, 6) is 0.272. The van der Waals surface area contributed by atoms with Crippen LogP contribution in [0.4, 0.5) is 0 Å². The minimum atomic E-state index is -0.469. The smallest absolute Gasteiger partial charge is 0.0802 e. The van der Waals surface area contributed by atoms with E-state index in [4.69, 9.17) is 16.7 Å². The summed E-state index contributed by atoms with van der Waals surface area (Å²) in [6.45, 7) is 1.40. The van der Waals surface area contributed by atoms with Gasteiger partial charge < -0.3 is 10.2 Å². The Morgan fingerprint density at radius 1 is 1.36 bits per heavy atom. The topological polar surface area (TPSA) is 43.7 Å². The van der Waals surface area contributed by atoms with Gasteiger partial charge in [0.1, 0.15) is 0 Å². The third-order valence-electron chi connectivity index (χ3n) is 2.85. The van der Waals surface area contributed by atoms with Gasteiger partial charge in [-0.15, -0.1) is 11.6 Å². The monoisotopic (exact) mass is 221 g/mol. The second-order valence-electron chi connectivity index (χ2n) is 3.96. The first-order valence-corrected chi connectivity index (χ1v) is 5.90. The van der Waals surface area contributed by atoms with Crippen LogP contribution in [0.15, 0.2) is 0 Å². The van der Waals surface area contributed by atoms with Gasteiger partial charge >= 0.3 is 0 Å². The molecule has 14 heavy (non-hydrogen) atoms. The van der Waals surface area contributed by atoms with Crippen LogP contribution in [-0.2, 0) is 0 Å². The molecule has 1 saturated carbocycles. The van der Waals surface area contributed by atoms with Gasteiger partial charge in [-0.1, -0.05) is 12.8 Å². The fourth-order valence-corrected chi connectivity index (χ4v) is 2.24. The van der Waals surface area contributed by atoms with Crippen molar-refractivity contribution in [3.8, 4) is 0 Å². The molecule has 1 aliphatic rings. The second-order valence-corrected chi connectivity index (χ2v) is 4.27. The number of aliphatic hydroxyl groups excluding tert-OH is 2. The zero-order valence-corrected chi connectivity index (χ0v) is 9.29. The molecule has 0 heterocycles. The predicted octanol–water partition coefficient (Wildman–Crippen LogP) is 0.823. The lowest BCUT2D eigenvalue weighted by molar-refractivity contribution is 0.0853. The zero-order valence-electron chi connectivity index (χ0n) is 8.53. The molecule has 84 valence electrons. The van der Waals surface area contributed by atoms with Crippen molar-refractivity contribution < 1.29 is 10.2 Å². The molecule has 0 aromatic rings. The highest BCUT2D eigenvalue weighted by atomic mass is 35.5. The third kappa shape index (κ3) is 3.73. The fourth-order valence-electron chi connectivity index (χ4n) is 2.14. The molecule has 3 nitrogen and oxygen atoms in total. The number of halogens is 1. The quantitative estimate of drug-likeness (QED) is 0.653. The van der Waals surface area contributed by atoms with E-state index in [-0.39, 0.29) is 12.5 Å². The molecule has 0 aliphatic heterocycles. The van der Waals surface area contributed by atoms with Crippen LogP contribution in [0.25, 0.3) is 0 Å². The average molecular weight is 222 g/mol. The zero-order chi connectivity index (χ0) is 10.4. The van der Waals surface area contributed by atoms with Crippen LogP contribution in [0.3, 0.4) is 0 Å². The highest BCUT2D eigenvalue weighted by molar-refractivity contribution is 6.18. The average Bonchev–Trinajstić information content (AvgIpc) is 2.69. The van der Waals surface area contributed by atoms with Crippen molar-refractivity contribution in [2.75, 3.05) is 25.6 Å². The Labute approximate surface area is 90.7 Å². The van der Waals surface area contributed by atoms with Crippen molar-refractivity contribution in [3.63, 3.8) is 0 Å². The number of rotatable bonds is 6. The third-order valence-corrected chi connectivity index (χ3v) is 3.21. The van der Waals surface area contributed by atoms with Gasteiger partial charge in [-0.3, -0.25) is 4.90 Å². The van der Waals surface area contributed by atoms with E-state index in [9.17, 15) is 5.11 Å². The minimum Gasteiger partial charge on any atom is -0.395 e. The van der Waals surface area contributed by atoms with E-state index in [1.165, 1.54) is 25.7 Å². The van der Waals surface area contributed by atoms with Crippen LogP contribution in [0.5, 0.6) is 0 Å². The van der Waals surface area contributed by atoms with Gasteiger partial charge in [-0.05, 0) is 12.8 Å². The van der Waals surface area contributed by atoms with Crippen LogP contribution in [0.1, 0.15) is 25.7 Å². The molecule has 1 unspecified atom stereocenters. The van der Waals surface area contributed by atoms with Crippen LogP contribution in [-0.4, -0.2) is 52.8 Å². The lowest BCUT2D eigenvalue weighted by Gasteiger charge is -2.29. The highest BCUT2D eigenvalue weighted by Gasteiger charge is 2.23. The van der Waals surface area contributed by atoms with Gasteiger partial charge in [0.25, 0.3) is 0 Å². The molecule has 1 fully saturated rings. The second kappa shape index (κ2) is 6.62. The summed E-state index contributed by atoms with van der Waals surface area (Å²) in [6, 6.07) is 0.542. The highest BCUT2D eigenvalue weighted by Crippen LogP contribution is 2.23. The van der Waals surface area contributed by atoms with Crippen molar-refractivity contribution in [2.45, 2.75) is 37.8 Å². The largest absolute Gasteiger partial charge is 0.395 e. The van der Waals surface area contributed by atoms with Gasteiger partial charge in [0.15, 0.2) is 0 Å². The van der Waals surface area contributed by atoms with Gasteiger partial charge in [-0.25, -0.2) is 0 Å². The van der Waals surface area contributed by atoms with Crippen LogP contribution < -0.4 is 0 Å². The Kier molecular flexibility index (Phi) is 5.78. The summed E-state index contributed by atoms with van der Waals surface area (Å²) in [5, 5.41) is 18.4. The summed E-state index contributed by atoms with van der Waals surface area (Å²) in [5.41, 5.74) is 0. The first-order valence-electron chi connectivity index (χ1n) is 5.37. The number of nitrogens with zero attached hydrogens (tertiary/aromatic N) is 1. The van der Waals surface area contributed by atoms with Gasteiger partial charge in [0.2, 0.25) is 0 Å². The van der Waals surface area contributed by atoms with Crippen molar-refractivity contribution in [3.05, 3.63) is 0 Å². The molecule has 1 rings (SSSR count). The Hall–Kier alpha value is 0.170. The van der Waals surface area contributed by atoms with Crippen LogP contribution in [0, 0.1) is 0 Å². The molecule has 4 heteroatoms. The van der Waals surface area contributed by atoms with Crippen molar-refractivity contribution in [2.24, 2.45) is 0 Å². The first kappa shape index (κ1) is 12.2. The van der Waals surface area contributed by atoms with E-state index >= 15 is 0 Å². The summed E-state index contributed by atoms with van der Waals surface area (Å²) < 4.78 is 0. The Morgan fingerprint density at radius 3 is 2.50 bits per heavy atom. The Balaban J connectivity index is 2.36. The maximum absolute atomic E-state index is 9.46. The van der Waals surface area contributed by atoms with E-state index < -0.39 is 6.10 Å². The molecular weight excluding hydrogens is 202 g/mol. The molecule has 1 aliphatic carbocycles.